The Hall–Kier alpha value is -2.96. The van der Waals surface area contributed by atoms with E-state index in [1.54, 1.807) is 43.8 Å². The summed E-state index contributed by atoms with van der Waals surface area (Å²) < 4.78 is 41.7. The van der Waals surface area contributed by atoms with Gasteiger partial charge in [-0.2, -0.15) is 4.31 Å². The molecule has 0 unspecified atom stereocenters. The molecule has 0 spiro atoms. The van der Waals surface area contributed by atoms with Gasteiger partial charge in [0.05, 0.1) is 24.0 Å². The zero-order chi connectivity index (χ0) is 25.9. The molecule has 2 aromatic rings. The van der Waals surface area contributed by atoms with E-state index >= 15 is 0 Å². The molecular formula is C23H33N5O6S. The zero-order valence-electron chi connectivity index (χ0n) is 20.9. The lowest BCUT2D eigenvalue weighted by atomic mass is 10.0. The summed E-state index contributed by atoms with van der Waals surface area (Å²) in [5, 5.41) is 2.62. The Balaban J connectivity index is 2.04. The van der Waals surface area contributed by atoms with Crippen molar-refractivity contribution in [2.75, 3.05) is 39.2 Å². The minimum Gasteiger partial charge on any atom is -0.491 e. The predicted octanol–water partition coefficient (Wildman–Crippen LogP) is 1.57. The van der Waals surface area contributed by atoms with Crippen molar-refractivity contribution in [1.29, 1.82) is 0 Å². The van der Waals surface area contributed by atoms with Crippen LogP contribution >= 0.6 is 0 Å². The first kappa shape index (κ1) is 26.6. The van der Waals surface area contributed by atoms with Crippen LogP contribution in [0.2, 0.25) is 0 Å². The van der Waals surface area contributed by atoms with E-state index in [4.69, 9.17) is 9.47 Å². The number of hydrogen-bond acceptors (Lipinski definition) is 7. The van der Waals surface area contributed by atoms with E-state index in [-0.39, 0.29) is 48.0 Å². The largest absolute Gasteiger partial charge is 0.491 e. The van der Waals surface area contributed by atoms with Gasteiger partial charge in [-0.15, -0.1) is 0 Å². The zero-order valence-corrected chi connectivity index (χ0v) is 21.7. The van der Waals surface area contributed by atoms with Crippen molar-refractivity contribution in [2.45, 2.75) is 37.9 Å². The van der Waals surface area contributed by atoms with Crippen LogP contribution in [0.3, 0.4) is 0 Å². The highest BCUT2D eigenvalue weighted by Gasteiger charge is 2.35. The highest BCUT2D eigenvalue weighted by Crippen LogP contribution is 2.27. The Morgan fingerprint density at radius 2 is 1.94 bits per heavy atom. The average Bonchev–Trinajstić information content (AvgIpc) is 3.25. The number of sulfonamides is 1. The summed E-state index contributed by atoms with van der Waals surface area (Å²) in [7, 11) is 0.964. The van der Waals surface area contributed by atoms with Gasteiger partial charge in [0.1, 0.15) is 12.4 Å². The monoisotopic (exact) mass is 507 g/mol. The van der Waals surface area contributed by atoms with Crippen LogP contribution in [-0.2, 0) is 26.6 Å². The molecule has 12 heteroatoms. The van der Waals surface area contributed by atoms with Crippen molar-refractivity contribution in [1.82, 2.24) is 18.8 Å². The maximum atomic E-state index is 13.5. The van der Waals surface area contributed by atoms with Crippen LogP contribution in [0.4, 0.5) is 5.69 Å². The van der Waals surface area contributed by atoms with Gasteiger partial charge < -0.3 is 24.3 Å². The number of rotatable bonds is 4. The number of anilines is 1. The number of ether oxygens (including phenoxy) is 2. The first-order valence-corrected chi connectivity index (χ1v) is 12.7. The Morgan fingerprint density at radius 1 is 1.23 bits per heavy atom. The number of likely N-dealkylation sites (N-methyl/N-ethyl adjacent to an activating group) is 1. The van der Waals surface area contributed by atoms with Gasteiger partial charge in [0, 0.05) is 53.1 Å². The molecule has 0 aliphatic carbocycles. The molecule has 1 N–H and O–H groups in total. The molecule has 0 radical (unpaired) electrons. The van der Waals surface area contributed by atoms with Gasteiger partial charge in [-0.3, -0.25) is 9.59 Å². The summed E-state index contributed by atoms with van der Waals surface area (Å²) in [6, 6.07) is 4.21. The van der Waals surface area contributed by atoms with Crippen molar-refractivity contribution in [3.63, 3.8) is 0 Å². The van der Waals surface area contributed by atoms with E-state index < -0.39 is 22.2 Å². The Labute approximate surface area is 206 Å². The van der Waals surface area contributed by atoms with Gasteiger partial charge >= 0.3 is 0 Å². The molecule has 1 aromatic carbocycles. The standard InChI is InChI=1S/C23H33N5O6S/c1-15-10-28(35(31,32)22-12-26(4)14-24-22)16(2)13-34-20-8-7-18(25-17(3)29)9-19(20)23(30)27(5)11-21(15)33-6/h7-9,12,14-16,21H,10-11,13H2,1-6H3,(H,25,29)/t15-,16+,21-/m1/s1. The second-order valence-electron chi connectivity index (χ2n) is 8.94. The lowest BCUT2D eigenvalue weighted by Crippen LogP contribution is -2.48. The van der Waals surface area contributed by atoms with Gasteiger partial charge in [-0.1, -0.05) is 6.92 Å². The molecule has 0 saturated carbocycles. The van der Waals surface area contributed by atoms with Crippen molar-refractivity contribution in [2.24, 2.45) is 13.0 Å². The second kappa shape index (κ2) is 10.8. The second-order valence-corrected chi connectivity index (χ2v) is 10.8. The Morgan fingerprint density at radius 3 is 2.54 bits per heavy atom. The third-order valence-electron chi connectivity index (χ3n) is 5.96. The maximum absolute atomic E-state index is 13.5. The molecule has 0 fully saturated rings. The number of amides is 2. The fraction of sp³-hybridized carbons (Fsp3) is 0.522. The number of carbonyl (C=O) groups excluding carboxylic acids is 2. The van der Waals surface area contributed by atoms with Crippen molar-refractivity contribution in [3.8, 4) is 5.75 Å². The number of aryl methyl sites for hydroxylation is 1. The van der Waals surface area contributed by atoms with Crippen LogP contribution in [0.1, 0.15) is 31.1 Å². The molecule has 3 rings (SSSR count). The van der Waals surface area contributed by atoms with Crippen LogP contribution in [0.15, 0.2) is 35.7 Å². The molecule has 11 nitrogen and oxygen atoms in total. The number of nitrogens with one attached hydrogen (secondary N) is 1. The third-order valence-corrected chi connectivity index (χ3v) is 7.83. The normalized spacial score (nSPS) is 22.5. The highest BCUT2D eigenvalue weighted by molar-refractivity contribution is 7.89. The van der Waals surface area contributed by atoms with E-state index in [1.165, 1.54) is 35.8 Å². The molecule has 2 amide bonds. The fourth-order valence-corrected chi connectivity index (χ4v) is 5.69. The van der Waals surface area contributed by atoms with Gasteiger partial charge in [0.2, 0.25) is 5.91 Å². The molecule has 0 bridgehead atoms. The lowest BCUT2D eigenvalue weighted by Gasteiger charge is -2.35. The van der Waals surface area contributed by atoms with E-state index in [1.807, 2.05) is 6.92 Å². The maximum Gasteiger partial charge on any atom is 0.262 e. The first-order valence-electron chi connectivity index (χ1n) is 11.3. The van der Waals surface area contributed by atoms with Crippen LogP contribution in [0, 0.1) is 5.92 Å². The summed E-state index contributed by atoms with van der Waals surface area (Å²) in [4.78, 5) is 30.4. The number of methoxy groups -OCH3 is 1. The van der Waals surface area contributed by atoms with Crippen LogP contribution in [0.5, 0.6) is 5.75 Å². The summed E-state index contributed by atoms with van der Waals surface area (Å²) >= 11 is 0. The van der Waals surface area contributed by atoms with Crippen LogP contribution < -0.4 is 10.1 Å². The average molecular weight is 508 g/mol. The van der Waals surface area contributed by atoms with Crippen molar-refractivity contribution >= 4 is 27.5 Å². The number of aromatic nitrogens is 2. The van der Waals surface area contributed by atoms with E-state index in [0.29, 0.717) is 11.4 Å². The van der Waals surface area contributed by atoms with Crippen molar-refractivity contribution in [3.05, 3.63) is 36.3 Å². The minimum atomic E-state index is -3.93. The smallest absolute Gasteiger partial charge is 0.262 e. The molecule has 2 heterocycles. The molecule has 1 aromatic heterocycles. The number of hydrogen-bond donors (Lipinski definition) is 1. The molecule has 0 saturated heterocycles. The topological polar surface area (TPSA) is 123 Å². The molecule has 192 valence electrons. The molecular weight excluding hydrogens is 474 g/mol. The minimum absolute atomic E-state index is 0.0000890. The highest BCUT2D eigenvalue weighted by atomic mass is 32.2. The lowest BCUT2D eigenvalue weighted by molar-refractivity contribution is -0.114. The summed E-state index contributed by atoms with van der Waals surface area (Å²) in [6.07, 6.45) is 2.47. The Kier molecular flexibility index (Phi) is 8.18. The number of nitrogens with zero attached hydrogens (tertiary/aromatic N) is 4. The molecule has 1 aliphatic rings. The molecule has 3 atom stereocenters. The van der Waals surface area contributed by atoms with Gasteiger partial charge in [0.25, 0.3) is 15.9 Å². The molecule has 35 heavy (non-hydrogen) atoms. The first-order chi connectivity index (χ1) is 16.4. The SMILES string of the molecule is CO[C@@H]1CN(C)C(=O)c2cc(NC(C)=O)ccc2OC[C@H](C)N(S(=O)(=O)c2cn(C)cn2)C[C@H]1C. The van der Waals surface area contributed by atoms with E-state index in [0.717, 1.165) is 0 Å². The van der Waals surface area contributed by atoms with E-state index in [2.05, 4.69) is 10.3 Å². The summed E-state index contributed by atoms with van der Waals surface area (Å²) in [5.74, 6) is -0.522. The van der Waals surface area contributed by atoms with Gasteiger partial charge in [0.15, 0.2) is 5.03 Å². The number of carbonyl (C=O) groups is 2. The summed E-state index contributed by atoms with van der Waals surface area (Å²) in [6.45, 7) is 5.40. The molecule has 1 aliphatic heterocycles. The fourth-order valence-electron chi connectivity index (χ4n) is 4.00. The predicted molar refractivity (Wildman–Crippen MR) is 130 cm³/mol. The van der Waals surface area contributed by atoms with Crippen molar-refractivity contribution < 1.29 is 27.5 Å². The Bertz CT molecular complexity index is 1180. The third kappa shape index (κ3) is 6.00. The number of imidazole rings is 1. The quantitative estimate of drug-likeness (QED) is 0.666. The van der Waals surface area contributed by atoms with Gasteiger partial charge in [-0.25, -0.2) is 13.4 Å². The summed E-state index contributed by atoms with van der Waals surface area (Å²) in [5.41, 5.74) is 0.714. The number of fused-ring (bicyclic) bond motifs is 1. The van der Waals surface area contributed by atoms with Crippen LogP contribution in [-0.4, -0.2) is 85.0 Å². The van der Waals surface area contributed by atoms with Crippen LogP contribution in [0.25, 0.3) is 0 Å². The van der Waals surface area contributed by atoms with E-state index in [9.17, 15) is 18.0 Å². The number of benzene rings is 1. The van der Waals surface area contributed by atoms with Gasteiger partial charge in [-0.05, 0) is 31.0 Å².